The molecule has 3 atom stereocenters. The third kappa shape index (κ3) is 11.2. The summed E-state index contributed by atoms with van der Waals surface area (Å²) >= 11 is 0. The standard InChI is InChI=1S/C26H38N4O6/c1-5-9-22(26(34)35-4)30-24(32)21(10-7-8-15-27)29-25(33)23(28-18(3)31)17-19-11-13-20(14-12-19)36-16-6-2/h5-6,11-14,21-23H,1-2,7-10,15-17,27H2,3-4H3,(H,28,31)(H,29,33)(H,30,32)/p+1/t21-,22-,23-/m0/s1. The number of quaternary nitrogens is 1. The van der Waals surface area contributed by atoms with E-state index in [4.69, 9.17) is 9.47 Å². The number of hydrogen-bond acceptors (Lipinski definition) is 6. The van der Waals surface area contributed by atoms with Crippen LogP contribution in [0.4, 0.5) is 0 Å². The summed E-state index contributed by atoms with van der Waals surface area (Å²) in [5.74, 6) is -1.36. The summed E-state index contributed by atoms with van der Waals surface area (Å²) in [5, 5.41) is 8.03. The van der Waals surface area contributed by atoms with Gasteiger partial charge in [0, 0.05) is 13.3 Å². The number of unbranched alkanes of at least 4 members (excludes halogenated alkanes) is 1. The number of carbonyl (C=O) groups excluding carboxylic acids is 4. The Kier molecular flexibility index (Phi) is 14.2. The van der Waals surface area contributed by atoms with Gasteiger partial charge in [0.15, 0.2) is 0 Å². The average molecular weight is 504 g/mol. The molecule has 0 spiro atoms. The molecule has 3 amide bonds. The molecule has 10 heteroatoms. The van der Waals surface area contributed by atoms with Crippen LogP contribution in [0.1, 0.15) is 38.2 Å². The molecule has 36 heavy (non-hydrogen) atoms. The first-order valence-electron chi connectivity index (χ1n) is 11.9. The smallest absolute Gasteiger partial charge is 0.328 e. The molecule has 1 aromatic carbocycles. The number of amides is 3. The number of esters is 1. The van der Waals surface area contributed by atoms with Crippen LogP contribution in [0.25, 0.3) is 0 Å². The molecule has 0 radical (unpaired) electrons. The van der Waals surface area contributed by atoms with Gasteiger partial charge in [-0.15, -0.1) is 6.58 Å². The molecule has 0 saturated carbocycles. The van der Waals surface area contributed by atoms with Crippen molar-refractivity contribution < 1.29 is 34.4 Å². The zero-order chi connectivity index (χ0) is 26.9. The molecule has 1 rings (SSSR count). The van der Waals surface area contributed by atoms with Crippen molar-refractivity contribution >= 4 is 23.7 Å². The average Bonchev–Trinajstić information content (AvgIpc) is 2.86. The Bertz CT molecular complexity index is 887. The predicted octanol–water partition coefficient (Wildman–Crippen LogP) is 0.430. The molecule has 0 aliphatic heterocycles. The Morgan fingerprint density at radius 2 is 1.58 bits per heavy atom. The van der Waals surface area contributed by atoms with E-state index in [1.807, 2.05) is 0 Å². The van der Waals surface area contributed by atoms with Crippen LogP contribution in [0.3, 0.4) is 0 Å². The van der Waals surface area contributed by atoms with E-state index in [0.717, 1.165) is 12.0 Å². The Labute approximate surface area is 212 Å². The van der Waals surface area contributed by atoms with Gasteiger partial charge in [-0.2, -0.15) is 0 Å². The van der Waals surface area contributed by atoms with Gasteiger partial charge in [-0.3, -0.25) is 14.4 Å². The Morgan fingerprint density at radius 3 is 2.14 bits per heavy atom. The van der Waals surface area contributed by atoms with Crippen molar-refractivity contribution in [2.45, 2.75) is 57.2 Å². The lowest BCUT2D eigenvalue weighted by Crippen LogP contribution is -2.56. The molecule has 0 unspecified atom stereocenters. The molecule has 1 aromatic rings. The highest BCUT2D eigenvalue weighted by Gasteiger charge is 2.29. The first-order valence-corrected chi connectivity index (χ1v) is 11.9. The minimum absolute atomic E-state index is 0.180. The number of rotatable bonds is 17. The molecule has 0 fully saturated rings. The number of methoxy groups -OCH3 is 1. The predicted molar refractivity (Wildman–Crippen MR) is 136 cm³/mol. The van der Waals surface area contributed by atoms with Gasteiger partial charge < -0.3 is 31.2 Å². The van der Waals surface area contributed by atoms with Crippen molar-refractivity contribution in [1.82, 2.24) is 16.0 Å². The molecule has 0 heterocycles. The van der Waals surface area contributed by atoms with E-state index in [-0.39, 0.29) is 18.7 Å². The number of ether oxygens (including phenoxy) is 2. The van der Waals surface area contributed by atoms with Gasteiger partial charge in [-0.05, 0) is 43.4 Å². The fourth-order valence-corrected chi connectivity index (χ4v) is 3.43. The van der Waals surface area contributed by atoms with E-state index < -0.39 is 35.9 Å². The number of carbonyl (C=O) groups is 4. The lowest BCUT2D eigenvalue weighted by Gasteiger charge is -2.24. The molecule has 0 bridgehead atoms. The second-order valence-electron chi connectivity index (χ2n) is 8.22. The van der Waals surface area contributed by atoms with E-state index >= 15 is 0 Å². The molecule has 0 aromatic heterocycles. The van der Waals surface area contributed by atoms with E-state index in [2.05, 4.69) is 34.8 Å². The van der Waals surface area contributed by atoms with Crippen LogP contribution < -0.4 is 26.4 Å². The van der Waals surface area contributed by atoms with E-state index in [9.17, 15) is 19.2 Å². The summed E-state index contributed by atoms with van der Waals surface area (Å²) in [6.45, 7) is 9.59. The molecule has 6 N–H and O–H groups in total. The fourth-order valence-electron chi connectivity index (χ4n) is 3.43. The minimum atomic E-state index is -0.916. The van der Waals surface area contributed by atoms with Crippen molar-refractivity contribution in [3.63, 3.8) is 0 Å². The van der Waals surface area contributed by atoms with Gasteiger partial charge >= 0.3 is 5.97 Å². The van der Waals surface area contributed by atoms with Crippen LogP contribution in [-0.2, 0) is 30.3 Å². The SMILES string of the molecule is C=CCOc1ccc(C[C@H](NC(C)=O)C(=O)N[C@@H](CCCC[NH3+])C(=O)N[C@@H](CC=C)C(=O)OC)cc1. The fraction of sp³-hybridized carbons (Fsp3) is 0.462. The Balaban J connectivity index is 3.01. The first-order chi connectivity index (χ1) is 17.2. The van der Waals surface area contributed by atoms with Gasteiger partial charge in [-0.25, -0.2) is 4.79 Å². The lowest BCUT2D eigenvalue weighted by molar-refractivity contribution is -0.368. The normalized spacial score (nSPS) is 12.9. The van der Waals surface area contributed by atoms with E-state index in [1.54, 1.807) is 30.3 Å². The van der Waals surface area contributed by atoms with Crippen molar-refractivity contribution in [1.29, 1.82) is 0 Å². The molecule has 0 aliphatic rings. The lowest BCUT2D eigenvalue weighted by atomic mass is 10.0. The highest BCUT2D eigenvalue weighted by Crippen LogP contribution is 2.14. The van der Waals surface area contributed by atoms with Crippen LogP contribution in [0, 0.1) is 0 Å². The van der Waals surface area contributed by atoms with Crippen LogP contribution in [-0.4, -0.2) is 62.1 Å². The maximum absolute atomic E-state index is 13.2. The summed E-state index contributed by atoms with van der Waals surface area (Å²) in [6.07, 6.45) is 5.28. The Hall–Kier alpha value is -3.66. The second-order valence-corrected chi connectivity index (χ2v) is 8.22. The maximum atomic E-state index is 13.2. The van der Waals surface area contributed by atoms with E-state index in [1.165, 1.54) is 20.1 Å². The zero-order valence-electron chi connectivity index (χ0n) is 21.2. The van der Waals surface area contributed by atoms with Gasteiger partial charge in [0.25, 0.3) is 0 Å². The number of benzene rings is 1. The second kappa shape index (κ2) is 16.9. The molecule has 0 saturated heterocycles. The summed E-state index contributed by atoms with van der Waals surface area (Å²) in [7, 11) is 1.23. The quantitative estimate of drug-likeness (QED) is 0.138. The van der Waals surface area contributed by atoms with Gasteiger partial charge in [-0.1, -0.05) is 30.9 Å². The van der Waals surface area contributed by atoms with Gasteiger partial charge in [0.05, 0.1) is 13.7 Å². The molecule has 0 aliphatic carbocycles. The third-order valence-electron chi connectivity index (χ3n) is 5.26. The number of hydrogen-bond donors (Lipinski definition) is 4. The van der Waals surface area contributed by atoms with Gasteiger partial charge in [0.2, 0.25) is 17.7 Å². The molecular weight excluding hydrogens is 464 g/mol. The van der Waals surface area contributed by atoms with Crippen molar-refractivity contribution in [3.05, 3.63) is 55.1 Å². The maximum Gasteiger partial charge on any atom is 0.328 e. The molecule has 10 nitrogen and oxygen atoms in total. The third-order valence-corrected chi connectivity index (χ3v) is 5.26. The summed E-state index contributed by atoms with van der Waals surface area (Å²) in [4.78, 5) is 50.0. The molecule has 198 valence electrons. The first kappa shape index (κ1) is 30.4. The van der Waals surface area contributed by atoms with Crippen molar-refractivity contribution in [2.75, 3.05) is 20.3 Å². The van der Waals surface area contributed by atoms with Gasteiger partial charge in [0.1, 0.15) is 30.5 Å². The molecular formula is C26H39N4O6+. The highest BCUT2D eigenvalue weighted by molar-refractivity contribution is 5.93. The largest absolute Gasteiger partial charge is 0.490 e. The minimum Gasteiger partial charge on any atom is -0.490 e. The van der Waals surface area contributed by atoms with Crippen LogP contribution in [0.5, 0.6) is 5.75 Å². The van der Waals surface area contributed by atoms with E-state index in [0.29, 0.717) is 31.7 Å². The summed E-state index contributed by atoms with van der Waals surface area (Å²) in [5.41, 5.74) is 4.60. The Morgan fingerprint density at radius 1 is 0.944 bits per heavy atom. The zero-order valence-corrected chi connectivity index (χ0v) is 21.2. The monoisotopic (exact) mass is 503 g/mol. The summed E-state index contributed by atoms with van der Waals surface area (Å²) < 4.78 is 10.2. The van der Waals surface area contributed by atoms with Crippen LogP contribution >= 0.6 is 0 Å². The van der Waals surface area contributed by atoms with Crippen molar-refractivity contribution in [2.24, 2.45) is 0 Å². The number of nitrogens with one attached hydrogen (secondary N) is 3. The van der Waals surface area contributed by atoms with Crippen molar-refractivity contribution in [3.8, 4) is 5.75 Å². The highest BCUT2D eigenvalue weighted by atomic mass is 16.5. The summed E-state index contributed by atoms with van der Waals surface area (Å²) in [6, 6.07) is 4.40. The van der Waals surface area contributed by atoms with Crippen LogP contribution in [0.15, 0.2) is 49.6 Å². The van der Waals surface area contributed by atoms with Crippen LogP contribution in [0.2, 0.25) is 0 Å². The topological polar surface area (TPSA) is 150 Å².